The zero-order valence-electron chi connectivity index (χ0n) is 9.76. The van der Waals surface area contributed by atoms with Crippen LogP contribution in [-0.4, -0.2) is 22.9 Å². The Balaban J connectivity index is 2.64. The summed E-state index contributed by atoms with van der Waals surface area (Å²) in [5.74, 6) is -2.86. The molecule has 0 aromatic heterocycles. The first-order chi connectivity index (χ1) is 9.20. The van der Waals surface area contributed by atoms with Crippen molar-refractivity contribution in [2.24, 2.45) is 10.9 Å². The van der Waals surface area contributed by atoms with Crippen LogP contribution < -0.4 is 5.73 Å². The second kappa shape index (κ2) is 5.99. The molecule has 0 heterocycles. The first kappa shape index (κ1) is 15.4. The number of hydrogen-bond acceptors (Lipinski definition) is 5. The quantitative estimate of drug-likeness (QED) is 0.297. The molecule has 108 valence electrons. The maximum Gasteiger partial charge on any atom is 0.493 e. The molecule has 0 amide bonds. The Morgan fingerprint density at radius 3 is 2.35 bits per heavy atom. The molecule has 0 aliphatic heterocycles. The van der Waals surface area contributed by atoms with E-state index in [1.807, 2.05) is 0 Å². The first-order valence-corrected chi connectivity index (χ1v) is 5.04. The molecule has 1 aromatic rings. The minimum Gasteiger partial charge on any atom is -0.384 e. The van der Waals surface area contributed by atoms with Crippen molar-refractivity contribution in [2.45, 2.75) is 12.6 Å². The third-order valence-corrected chi connectivity index (χ3v) is 2.01. The van der Waals surface area contributed by atoms with E-state index < -0.39 is 17.1 Å². The highest BCUT2D eigenvalue weighted by atomic mass is 19.4. The highest BCUT2D eigenvalue weighted by Gasteiger charge is 2.41. The smallest absolute Gasteiger partial charge is 0.384 e. The number of nitro groups is 1. The van der Waals surface area contributed by atoms with Crippen molar-refractivity contribution >= 4 is 17.5 Å². The number of alkyl halides is 3. The largest absolute Gasteiger partial charge is 0.493 e. The predicted molar refractivity (Wildman–Crippen MR) is 60.6 cm³/mol. The number of oxime groups is 1. The fourth-order valence-electron chi connectivity index (χ4n) is 1.13. The third-order valence-electron chi connectivity index (χ3n) is 2.01. The molecular formula is C10H8F3N3O4. The van der Waals surface area contributed by atoms with E-state index in [-0.39, 0.29) is 17.9 Å². The number of carbonyl (C=O) groups is 1. The molecule has 0 radical (unpaired) electrons. The predicted octanol–water partition coefficient (Wildman–Crippen LogP) is 1.51. The van der Waals surface area contributed by atoms with E-state index in [0.29, 0.717) is 5.56 Å². The highest BCUT2D eigenvalue weighted by Crippen LogP contribution is 2.16. The van der Waals surface area contributed by atoms with Gasteiger partial charge in [-0.3, -0.25) is 10.1 Å². The Bertz CT molecular complexity index is 540. The Hall–Kier alpha value is -2.65. The summed E-state index contributed by atoms with van der Waals surface area (Å²) < 4.78 is 35.4. The van der Waals surface area contributed by atoms with Gasteiger partial charge in [0.1, 0.15) is 5.84 Å². The minimum absolute atomic E-state index is 0.122. The Labute approximate surface area is 110 Å². The lowest BCUT2D eigenvalue weighted by molar-refractivity contribution is -0.384. The fraction of sp³-hybridized carbons (Fsp3) is 0.200. The van der Waals surface area contributed by atoms with Crippen molar-refractivity contribution in [1.29, 1.82) is 0 Å². The number of benzene rings is 1. The maximum absolute atomic E-state index is 11.8. The summed E-state index contributed by atoms with van der Waals surface area (Å²) in [5, 5.41) is 13.2. The van der Waals surface area contributed by atoms with Crippen LogP contribution in [0.2, 0.25) is 0 Å². The number of nitro benzene ring substituents is 1. The van der Waals surface area contributed by atoms with E-state index in [9.17, 15) is 28.1 Å². The standard InChI is InChI=1S/C10H8F3N3O4/c11-10(12,13)9(17)20-15-8(14)5-6-1-3-7(4-2-6)16(18)19/h1-4H,5H2,(H2,14,15). The van der Waals surface area contributed by atoms with Gasteiger partial charge in [-0.15, -0.1) is 0 Å². The number of rotatable bonds is 4. The molecule has 7 nitrogen and oxygen atoms in total. The van der Waals surface area contributed by atoms with Crippen LogP contribution in [0.3, 0.4) is 0 Å². The van der Waals surface area contributed by atoms with Crippen LogP contribution in [0.25, 0.3) is 0 Å². The molecule has 0 saturated carbocycles. The monoisotopic (exact) mass is 291 g/mol. The molecule has 20 heavy (non-hydrogen) atoms. The average Bonchev–Trinajstić information content (AvgIpc) is 2.35. The van der Waals surface area contributed by atoms with Gasteiger partial charge >= 0.3 is 12.1 Å². The van der Waals surface area contributed by atoms with Crippen molar-refractivity contribution in [3.05, 3.63) is 39.9 Å². The van der Waals surface area contributed by atoms with Gasteiger partial charge in [-0.1, -0.05) is 17.3 Å². The topological polar surface area (TPSA) is 108 Å². The average molecular weight is 291 g/mol. The number of non-ortho nitro benzene ring substituents is 1. The Kier molecular flexibility index (Phi) is 4.62. The van der Waals surface area contributed by atoms with Crippen molar-refractivity contribution in [1.82, 2.24) is 0 Å². The van der Waals surface area contributed by atoms with E-state index in [0.717, 1.165) is 0 Å². The summed E-state index contributed by atoms with van der Waals surface area (Å²) >= 11 is 0. The minimum atomic E-state index is -5.16. The van der Waals surface area contributed by atoms with Crippen LogP contribution >= 0.6 is 0 Å². The molecule has 0 saturated heterocycles. The zero-order valence-corrected chi connectivity index (χ0v) is 9.76. The van der Waals surface area contributed by atoms with Gasteiger partial charge in [0.15, 0.2) is 0 Å². The Morgan fingerprint density at radius 1 is 1.35 bits per heavy atom. The van der Waals surface area contributed by atoms with Crippen LogP contribution in [0.4, 0.5) is 18.9 Å². The molecule has 10 heteroatoms. The van der Waals surface area contributed by atoms with E-state index in [4.69, 9.17) is 5.73 Å². The van der Waals surface area contributed by atoms with Gasteiger partial charge in [0.05, 0.1) is 4.92 Å². The normalized spacial score (nSPS) is 12.1. The van der Waals surface area contributed by atoms with Crippen LogP contribution in [0.15, 0.2) is 29.4 Å². The summed E-state index contributed by atoms with van der Waals surface area (Å²) in [6.07, 6.45) is -5.28. The van der Waals surface area contributed by atoms with Crippen LogP contribution in [-0.2, 0) is 16.1 Å². The van der Waals surface area contributed by atoms with Crippen molar-refractivity contribution < 1.29 is 27.7 Å². The second-order valence-corrected chi connectivity index (χ2v) is 3.56. The number of nitrogens with two attached hydrogens (primary N) is 1. The molecule has 1 aromatic carbocycles. The molecule has 0 fully saturated rings. The fourth-order valence-corrected chi connectivity index (χ4v) is 1.13. The summed E-state index contributed by atoms with van der Waals surface area (Å²) in [6, 6.07) is 5.10. The van der Waals surface area contributed by atoms with Crippen LogP contribution in [0.5, 0.6) is 0 Å². The summed E-state index contributed by atoms with van der Waals surface area (Å²) in [5.41, 5.74) is 5.58. The Morgan fingerprint density at radius 2 is 1.90 bits per heavy atom. The summed E-state index contributed by atoms with van der Waals surface area (Å²) in [7, 11) is 0. The van der Waals surface area contributed by atoms with Gasteiger partial charge < -0.3 is 10.6 Å². The highest BCUT2D eigenvalue weighted by molar-refractivity contribution is 5.83. The van der Waals surface area contributed by atoms with Gasteiger partial charge in [-0.05, 0) is 5.56 Å². The molecule has 0 aliphatic rings. The molecule has 0 bridgehead atoms. The van der Waals surface area contributed by atoms with Crippen molar-refractivity contribution in [3.8, 4) is 0 Å². The third kappa shape index (κ3) is 4.55. The van der Waals surface area contributed by atoms with Gasteiger partial charge in [0.25, 0.3) is 5.69 Å². The maximum atomic E-state index is 11.8. The van der Waals surface area contributed by atoms with Gasteiger partial charge in [0, 0.05) is 18.6 Å². The molecule has 0 unspecified atom stereocenters. The molecule has 1 rings (SSSR count). The molecule has 2 N–H and O–H groups in total. The second-order valence-electron chi connectivity index (χ2n) is 3.56. The summed E-state index contributed by atoms with van der Waals surface area (Å²) in [4.78, 5) is 23.7. The summed E-state index contributed by atoms with van der Waals surface area (Å²) in [6.45, 7) is 0. The molecule has 0 atom stereocenters. The molecule has 0 aliphatic carbocycles. The number of halogens is 3. The first-order valence-electron chi connectivity index (χ1n) is 5.04. The van der Waals surface area contributed by atoms with Crippen molar-refractivity contribution in [3.63, 3.8) is 0 Å². The van der Waals surface area contributed by atoms with Gasteiger partial charge in [0.2, 0.25) is 0 Å². The lowest BCUT2D eigenvalue weighted by Crippen LogP contribution is -2.25. The zero-order chi connectivity index (χ0) is 15.3. The number of amidine groups is 1. The number of carbonyl (C=O) groups excluding carboxylic acids is 1. The molecule has 0 spiro atoms. The van der Waals surface area contributed by atoms with Gasteiger partial charge in [-0.2, -0.15) is 13.2 Å². The lowest BCUT2D eigenvalue weighted by Gasteiger charge is -2.03. The number of hydrogen-bond donors (Lipinski definition) is 1. The van der Waals surface area contributed by atoms with Crippen LogP contribution in [0.1, 0.15) is 5.56 Å². The van der Waals surface area contributed by atoms with Gasteiger partial charge in [-0.25, -0.2) is 4.79 Å². The van der Waals surface area contributed by atoms with Crippen molar-refractivity contribution in [2.75, 3.05) is 0 Å². The van der Waals surface area contributed by atoms with E-state index >= 15 is 0 Å². The van der Waals surface area contributed by atoms with E-state index in [1.54, 1.807) is 0 Å². The lowest BCUT2D eigenvalue weighted by atomic mass is 10.1. The van der Waals surface area contributed by atoms with E-state index in [1.165, 1.54) is 24.3 Å². The number of nitrogens with zero attached hydrogens (tertiary/aromatic N) is 2. The molecular weight excluding hydrogens is 283 g/mol. The van der Waals surface area contributed by atoms with Crippen LogP contribution in [0, 0.1) is 10.1 Å². The van der Waals surface area contributed by atoms with E-state index in [2.05, 4.69) is 9.99 Å². The SMILES string of the molecule is N/C(Cc1ccc([N+](=O)[O-])cc1)=N\OC(=O)C(F)(F)F.